The van der Waals surface area contributed by atoms with Gasteiger partial charge in [-0.15, -0.1) is 0 Å². The minimum Gasteiger partial charge on any atom is -0.489 e. The predicted molar refractivity (Wildman–Crippen MR) is 128 cm³/mol. The lowest BCUT2D eigenvalue weighted by Gasteiger charge is -2.11. The van der Waals surface area contributed by atoms with Crippen molar-refractivity contribution in [1.82, 2.24) is 4.57 Å². The van der Waals surface area contributed by atoms with Crippen LogP contribution in [0.2, 0.25) is 5.02 Å². The Bertz CT molecular complexity index is 1440. The van der Waals surface area contributed by atoms with E-state index in [-0.39, 0.29) is 0 Å². The van der Waals surface area contributed by atoms with Gasteiger partial charge in [-0.25, -0.2) is 0 Å². The SMILES string of the molecule is NC(=O)c1cccc2c1c1[c]cc(Cl)cc1n2Cc1cccc(OCc2ccccc2)c1. The number of hydrogen-bond acceptors (Lipinski definition) is 2. The molecule has 1 aromatic heterocycles. The standard InChI is InChI=1S/C27H20ClN2O2/c28-20-12-13-22-25(15-20)30(24-11-5-10-23(26(22)24)27(29)31)16-19-8-4-9-21(14-19)32-17-18-6-2-1-3-7-18/h1-12,14-15H,16-17H2,(H2,29,31). The average molecular weight is 440 g/mol. The molecule has 5 rings (SSSR count). The van der Waals surface area contributed by atoms with Crippen LogP contribution < -0.4 is 10.5 Å². The number of carbonyl (C=O) groups is 1. The largest absolute Gasteiger partial charge is 0.489 e. The number of halogens is 1. The predicted octanol–water partition coefficient (Wildman–Crippen LogP) is 5.97. The van der Waals surface area contributed by atoms with E-state index in [0.717, 1.165) is 38.7 Å². The molecule has 0 aliphatic heterocycles. The molecule has 0 bridgehead atoms. The summed E-state index contributed by atoms with van der Waals surface area (Å²) >= 11 is 6.29. The van der Waals surface area contributed by atoms with Crippen LogP contribution in [0.25, 0.3) is 21.8 Å². The second kappa shape index (κ2) is 8.40. The van der Waals surface area contributed by atoms with E-state index >= 15 is 0 Å². The molecule has 0 unspecified atom stereocenters. The highest BCUT2D eigenvalue weighted by atomic mass is 35.5. The maximum absolute atomic E-state index is 12.1. The fourth-order valence-corrected chi connectivity index (χ4v) is 4.22. The monoisotopic (exact) mass is 439 g/mol. The van der Waals surface area contributed by atoms with Crippen molar-refractivity contribution >= 4 is 39.3 Å². The average Bonchev–Trinajstić information content (AvgIpc) is 3.11. The minimum atomic E-state index is -0.464. The molecule has 2 N–H and O–H groups in total. The summed E-state index contributed by atoms with van der Waals surface area (Å²) in [6.07, 6.45) is 0. The Morgan fingerprint density at radius 1 is 0.938 bits per heavy atom. The number of rotatable bonds is 6. The molecule has 1 heterocycles. The number of ether oxygens (including phenoxy) is 1. The fourth-order valence-electron chi connectivity index (χ4n) is 4.06. The van der Waals surface area contributed by atoms with Gasteiger partial charge in [0.1, 0.15) is 12.4 Å². The number of nitrogens with two attached hydrogens (primary N) is 1. The second-order valence-electron chi connectivity index (χ2n) is 7.65. The van der Waals surface area contributed by atoms with Gasteiger partial charge < -0.3 is 15.0 Å². The molecule has 0 saturated carbocycles. The molecular formula is C27H20ClN2O2. The van der Waals surface area contributed by atoms with Crippen molar-refractivity contribution in [2.24, 2.45) is 5.73 Å². The quantitative estimate of drug-likeness (QED) is 0.354. The van der Waals surface area contributed by atoms with Gasteiger partial charge in [-0.3, -0.25) is 4.79 Å². The van der Waals surface area contributed by atoms with Crippen LogP contribution in [0.15, 0.2) is 84.9 Å². The van der Waals surface area contributed by atoms with Gasteiger partial charge in [-0.1, -0.05) is 60.1 Å². The Balaban J connectivity index is 1.54. The Morgan fingerprint density at radius 2 is 1.72 bits per heavy atom. The first-order valence-corrected chi connectivity index (χ1v) is 10.7. The molecule has 4 nitrogen and oxygen atoms in total. The molecule has 5 aromatic rings. The van der Waals surface area contributed by atoms with Gasteiger partial charge in [-0.05, 0) is 53.6 Å². The molecule has 1 amide bonds. The zero-order valence-corrected chi connectivity index (χ0v) is 18.0. The number of aromatic nitrogens is 1. The number of primary amides is 1. The number of benzene rings is 4. The van der Waals surface area contributed by atoms with E-state index in [1.54, 1.807) is 12.1 Å². The summed E-state index contributed by atoms with van der Waals surface area (Å²) in [4.78, 5) is 12.1. The molecule has 5 heteroatoms. The van der Waals surface area contributed by atoms with Gasteiger partial charge in [0.2, 0.25) is 5.91 Å². The van der Waals surface area contributed by atoms with E-state index in [2.05, 4.69) is 16.7 Å². The van der Waals surface area contributed by atoms with Crippen LogP contribution in [0, 0.1) is 6.07 Å². The summed E-state index contributed by atoms with van der Waals surface area (Å²) < 4.78 is 8.13. The van der Waals surface area contributed by atoms with E-state index in [0.29, 0.717) is 23.7 Å². The molecule has 0 saturated heterocycles. The third-order valence-electron chi connectivity index (χ3n) is 5.51. The maximum atomic E-state index is 12.1. The molecule has 0 atom stereocenters. The van der Waals surface area contributed by atoms with Crippen LogP contribution in [0.3, 0.4) is 0 Å². The smallest absolute Gasteiger partial charge is 0.249 e. The minimum absolute atomic E-state index is 0.464. The van der Waals surface area contributed by atoms with Gasteiger partial charge in [0, 0.05) is 27.9 Å². The van der Waals surface area contributed by atoms with Crippen LogP contribution >= 0.6 is 11.6 Å². The highest BCUT2D eigenvalue weighted by Gasteiger charge is 2.17. The first-order chi connectivity index (χ1) is 15.6. The van der Waals surface area contributed by atoms with Crippen molar-refractivity contribution in [2.75, 3.05) is 0 Å². The van der Waals surface area contributed by atoms with Crippen LogP contribution in [0.4, 0.5) is 0 Å². The lowest BCUT2D eigenvalue weighted by Crippen LogP contribution is -2.11. The normalized spacial score (nSPS) is 11.2. The number of fused-ring (bicyclic) bond motifs is 3. The van der Waals surface area contributed by atoms with Gasteiger partial charge in [0.05, 0.1) is 11.0 Å². The first kappa shape index (κ1) is 20.2. The second-order valence-corrected chi connectivity index (χ2v) is 8.09. The van der Waals surface area contributed by atoms with E-state index in [9.17, 15) is 4.79 Å². The van der Waals surface area contributed by atoms with Crippen molar-refractivity contribution in [3.8, 4) is 5.75 Å². The molecule has 1 radical (unpaired) electrons. The highest BCUT2D eigenvalue weighted by Crippen LogP contribution is 2.33. The topological polar surface area (TPSA) is 57.2 Å². The summed E-state index contributed by atoms with van der Waals surface area (Å²) in [5.74, 6) is 0.337. The summed E-state index contributed by atoms with van der Waals surface area (Å²) in [7, 11) is 0. The zero-order valence-electron chi connectivity index (χ0n) is 17.2. The van der Waals surface area contributed by atoms with Crippen LogP contribution in [-0.4, -0.2) is 10.5 Å². The lowest BCUT2D eigenvalue weighted by molar-refractivity contribution is 0.100. The number of carbonyl (C=O) groups excluding carboxylic acids is 1. The van der Waals surface area contributed by atoms with Crippen molar-refractivity contribution in [1.29, 1.82) is 0 Å². The van der Waals surface area contributed by atoms with E-state index in [1.165, 1.54) is 0 Å². The van der Waals surface area contributed by atoms with Gasteiger partial charge in [0.25, 0.3) is 0 Å². The molecule has 32 heavy (non-hydrogen) atoms. The highest BCUT2D eigenvalue weighted by molar-refractivity contribution is 6.31. The van der Waals surface area contributed by atoms with Crippen molar-refractivity contribution in [3.05, 3.63) is 113 Å². The third kappa shape index (κ3) is 3.81. The molecule has 4 aromatic carbocycles. The van der Waals surface area contributed by atoms with Crippen LogP contribution in [0.5, 0.6) is 5.75 Å². The van der Waals surface area contributed by atoms with E-state index in [4.69, 9.17) is 22.1 Å². The lowest BCUT2D eigenvalue weighted by atomic mass is 10.1. The molecule has 157 valence electrons. The Labute approximate surface area is 190 Å². The van der Waals surface area contributed by atoms with Crippen molar-refractivity contribution < 1.29 is 9.53 Å². The van der Waals surface area contributed by atoms with Gasteiger partial charge in [-0.2, -0.15) is 0 Å². The number of hydrogen-bond donors (Lipinski definition) is 1. The van der Waals surface area contributed by atoms with Crippen LogP contribution in [0.1, 0.15) is 21.5 Å². The van der Waals surface area contributed by atoms with Gasteiger partial charge >= 0.3 is 0 Å². The fraction of sp³-hybridized carbons (Fsp3) is 0.0741. The number of nitrogens with zero attached hydrogens (tertiary/aromatic N) is 1. The van der Waals surface area contributed by atoms with E-state index in [1.807, 2.05) is 66.7 Å². The molecular weight excluding hydrogens is 420 g/mol. The summed E-state index contributed by atoms with van der Waals surface area (Å²) in [5.41, 5.74) is 10.1. The summed E-state index contributed by atoms with van der Waals surface area (Å²) in [6.45, 7) is 1.09. The van der Waals surface area contributed by atoms with Crippen LogP contribution in [-0.2, 0) is 13.2 Å². The van der Waals surface area contributed by atoms with Gasteiger partial charge in [0.15, 0.2) is 0 Å². The number of amides is 1. The Hall–Kier alpha value is -3.76. The summed E-state index contributed by atoms with van der Waals surface area (Å²) in [6, 6.07) is 30.5. The zero-order chi connectivity index (χ0) is 22.1. The Morgan fingerprint density at radius 3 is 2.53 bits per heavy atom. The Kier molecular flexibility index (Phi) is 5.29. The summed E-state index contributed by atoms with van der Waals surface area (Å²) in [5, 5.41) is 2.21. The molecule has 0 aliphatic carbocycles. The maximum Gasteiger partial charge on any atom is 0.249 e. The third-order valence-corrected chi connectivity index (χ3v) is 5.73. The van der Waals surface area contributed by atoms with E-state index < -0.39 is 5.91 Å². The van der Waals surface area contributed by atoms with Crippen molar-refractivity contribution in [2.45, 2.75) is 13.2 Å². The first-order valence-electron chi connectivity index (χ1n) is 10.3. The molecule has 0 fully saturated rings. The molecule has 0 aliphatic rings. The molecule has 0 spiro atoms. The van der Waals surface area contributed by atoms with Crippen molar-refractivity contribution in [3.63, 3.8) is 0 Å².